The lowest BCUT2D eigenvalue weighted by Gasteiger charge is -2.05. The molecular weight excluding hydrogens is 320 g/mol. The van der Waals surface area contributed by atoms with Crippen LogP contribution in [0.3, 0.4) is 0 Å². The number of rotatable bonds is 3. The van der Waals surface area contributed by atoms with E-state index in [9.17, 15) is 5.11 Å². The smallest absolute Gasteiger partial charge is 0.222 e. The third-order valence-electron chi connectivity index (χ3n) is 4.49. The molecule has 1 N–H and O–H groups in total. The molecule has 0 bridgehead atoms. The third-order valence-corrected chi connectivity index (χ3v) is 4.49. The molecule has 128 valence electrons. The van der Waals surface area contributed by atoms with Gasteiger partial charge in [0, 0.05) is 5.56 Å². The summed E-state index contributed by atoms with van der Waals surface area (Å²) in [5.74, 6) is 0.150. The molecule has 0 spiro atoms. The van der Waals surface area contributed by atoms with Crippen molar-refractivity contribution < 1.29 is 5.11 Å². The molecule has 0 radical (unpaired) electrons. The van der Waals surface area contributed by atoms with Gasteiger partial charge >= 0.3 is 0 Å². The highest BCUT2D eigenvalue weighted by Gasteiger charge is 2.21. The van der Waals surface area contributed by atoms with Crippen LogP contribution in [0.2, 0.25) is 0 Å². The van der Waals surface area contributed by atoms with Gasteiger partial charge in [-0.1, -0.05) is 72.3 Å². The minimum atomic E-state index is 0.150. The van der Waals surface area contributed by atoms with Crippen LogP contribution in [0.5, 0.6) is 5.88 Å². The first-order valence-corrected chi connectivity index (χ1v) is 8.65. The zero-order chi connectivity index (χ0) is 18.1. The summed E-state index contributed by atoms with van der Waals surface area (Å²) < 4.78 is 1.62. The van der Waals surface area contributed by atoms with Crippen molar-refractivity contribution in [2.45, 2.75) is 13.8 Å². The van der Waals surface area contributed by atoms with E-state index < -0.39 is 0 Å². The fourth-order valence-electron chi connectivity index (χ4n) is 3.13. The van der Waals surface area contributed by atoms with Gasteiger partial charge in [-0.05, 0) is 37.1 Å². The highest BCUT2D eigenvalue weighted by atomic mass is 16.3. The lowest BCUT2D eigenvalue weighted by Crippen LogP contribution is -1.96. The van der Waals surface area contributed by atoms with Gasteiger partial charge in [-0.2, -0.15) is 5.10 Å². The van der Waals surface area contributed by atoms with Crippen molar-refractivity contribution in [1.29, 1.82) is 0 Å². The van der Waals surface area contributed by atoms with Crippen molar-refractivity contribution in [2.24, 2.45) is 0 Å². The van der Waals surface area contributed by atoms with E-state index >= 15 is 0 Å². The second-order valence-corrected chi connectivity index (χ2v) is 6.53. The molecule has 4 rings (SSSR count). The summed E-state index contributed by atoms with van der Waals surface area (Å²) >= 11 is 0. The molecule has 0 saturated heterocycles. The molecular formula is C23H20N2O. The predicted octanol–water partition coefficient (Wildman–Crippen LogP) is 5.53. The van der Waals surface area contributed by atoms with E-state index in [4.69, 9.17) is 5.10 Å². The van der Waals surface area contributed by atoms with Gasteiger partial charge in [0.15, 0.2) is 0 Å². The molecule has 0 amide bonds. The van der Waals surface area contributed by atoms with Crippen molar-refractivity contribution in [3.8, 4) is 34.0 Å². The van der Waals surface area contributed by atoms with Gasteiger partial charge in [-0.15, -0.1) is 0 Å². The second kappa shape index (κ2) is 6.52. The van der Waals surface area contributed by atoms with Gasteiger partial charge in [-0.3, -0.25) is 0 Å². The summed E-state index contributed by atoms with van der Waals surface area (Å²) in [4.78, 5) is 0. The van der Waals surface area contributed by atoms with E-state index in [1.807, 2.05) is 73.7 Å². The average molecular weight is 340 g/mol. The van der Waals surface area contributed by atoms with Crippen LogP contribution in [0.1, 0.15) is 11.1 Å². The van der Waals surface area contributed by atoms with Crippen molar-refractivity contribution in [3.63, 3.8) is 0 Å². The molecule has 0 unspecified atom stereocenters. The van der Waals surface area contributed by atoms with Crippen LogP contribution < -0.4 is 0 Å². The number of benzene rings is 3. The van der Waals surface area contributed by atoms with Crippen molar-refractivity contribution in [1.82, 2.24) is 9.78 Å². The normalized spacial score (nSPS) is 10.8. The lowest BCUT2D eigenvalue weighted by atomic mass is 10.0. The van der Waals surface area contributed by atoms with Crippen molar-refractivity contribution >= 4 is 0 Å². The molecule has 1 heterocycles. The maximum absolute atomic E-state index is 11.0. The first-order valence-electron chi connectivity index (χ1n) is 8.65. The van der Waals surface area contributed by atoms with Crippen LogP contribution in [0.25, 0.3) is 28.1 Å². The predicted molar refractivity (Wildman–Crippen MR) is 106 cm³/mol. The quantitative estimate of drug-likeness (QED) is 0.532. The van der Waals surface area contributed by atoms with Crippen LogP contribution in [0.15, 0.2) is 78.9 Å². The highest BCUT2D eigenvalue weighted by Crippen LogP contribution is 2.39. The molecule has 0 fully saturated rings. The Kier molecular flexibility index (Phi) is 4.05. The number of nitrogens with zero attached hydrogens (tertiary/aromatic N) is 2. The number of hydrogen-bond acceptors (Lipinski definition) is 2. The molecule has 1 aromatic heterocycles. The number of hydrogen-bond donors (Lipinski definition) is 1. The number of aromatic hydroxyl groups is 1. The van der Waals surface area contributed by atoms with Gasteiger partial charge in [0.25, 0.3) is 0 Å². The largest absolute Gasteiger partial charge is 0.493 e. The number of aryl methyl sites for hydroxylation is 2. The minimum absolute atomic E-state index is 0.150. The highest BCUT2D eigenvalue weighted by molar-refractivity contribution is 5.85. The van der Waals surface area contributed by atoms with Gasteiger partial charge in [0.2, 0.25) is 5.88 Å². The van der Waals surface area contributed by atoms with Crippen molar-refractivity contribution in [2.75, 3.05) is 0 Å². The standard InChI is InChI=1S/C23H20N2O/c1-16-11-13-19(14-12-16)22-21(18-8-4-3-5-9-18)23(26)25(24-22)20-10-6-7-17(2)15-20/h3-15,26H,1-2H3. The van der Waals surface area contributed by atoms with E-state index in [0.717, 1.165) is 33.6 Å². The molecule has 0 aliphatic carbocycles. The lowest BCUT2D eigenvalue weighted by molar-refractivity contribution is 0.435. The Balaban J connectivity index is 1.97. The van der Waals surface area contributed by atoms with E-state index in [0.29, 0.717) is 0 Å². The summed E-state index contributed by atoms with van der Waals surface area (Å²) in [6, 6.07) is 26.1. The summed E-state index contributed by atoms with van der Waals surface area (Å²) in [7, 11) is 0. The zero-order valence-electron chi connectivity index (χ0n) is 14.8. The molecule has 0 aliphatic heterocycles. The molecule has 26 heavy (non-hydrogen) atoms. The summed E-state index contributed by atoms with van der Waals surface area (Å²) in [5, 5.41) is 15.8. The summed E-state index contributed by atoms with van der Waals surface area (Å²) in [5.41, 5.74) is 6.60. The van der Waals surface area contributed by atoms with Gasteiger partial charge in [-0.25, -0.2) is 4.68 Å². The van der Waals surface area contributed by atoms with Crippen LogP contribution in [-0.4, -0.2) is 14.9 Å². The van der Waals surface area contributed by atoms with E-state index in [2.05, 4.69) is 19.1 Å². The minimum Gasteiger partial charge on any atom is -0.493 e. The van der Waals surface area contributed by atoms with Gasteiger partial charge < -0.3 is 5.11 Å². The fourth-order valence-corrected chi connectivity index (χ4v) is 3.13. The van der Waals surface area contributed by atoms with Gasteiger partial charge in [0.05, 0.1) is 11.3 Å². The van der Waals surface area contributed by atoms with Crippen LogP contribution >= 0.6 is 0 Å². The topological polar surface area (TPSA) is 38.0 Å². The molecule has 3 nitrogen and oxygen atoms in total. The maximum atomic E-state index is 11.0. The summed E-state index contributed by atoms with van der Waals surface area (Å²) in [6.45, 7) is 4.09. The van der Waals surface area contributed by atoms with Crippen LogP contribution in [0, 0.1) is 13.8 Å². The maximum Gasteiger partial charge on any atom is 0.222 e. The Labute approximate surface area is 153 Å². The molecule has 0 aliphatic rings. The van der Waals surface area contributed by atoms with E-state index in [1.165, 1.54) is 5.56 Å². The Hall–Kier alpha value is -3.33. The first kappa shape index (κ1) is 16.2. The second-order valence-electron chi connectivity index (χ2n) is 6.53. The Bertz CT molecular complexity index is 1050. The zero-order valence-corrected chi connectivity index (χ0v) is 14.8. The molecule has 3 aromatic carbocycles. The Morgan fingerprint density at radius 3 is 2.15 bits per heavy atom. The Morgan fingerprint density at radius 1 is 0.731 bits per heavy atom. The molecule has 0 atom stereocenters. The van der Waals surface area contributed by atoms with E-state index in [-0.39, 0.29) is 5.88 Å². The molecule has 3 heteroatoms. The van der Waals surface area contributed by atoms with Crippen LogP contribution in [-0.2, 0) is 0 Å². The van der Waals surface area contributed by atoms with Crippen LogP contribution in [0.4, 0.5) is 0 Å². The Morgan fingerprint density at radius 2 is 1.46 bits per heavy atom. The van der Waals surface area contributed by atoms with E-state index in [1.54, 1.807) is 4.68 Å². The average Bonchev–Trinajstić information content (AvgIpc) is 3.00. The molecule has 0 saturated carbocycles. The summed E-state index contributed by atoms with van der Waals surface area (Å²) in [6.07, 6.45) is 0. The first-order chi connectivity index (χ1) is 12.6. The van der Waals surface area contributed by atoms with Gasteiger partial charge in [0.1, 0.15) is 5.69 Å². The monoisotopic (exact) mass is 340 g/mol. The fraction of sp³-hybridized carbons (Fsp3) is 0.0870. The number of aromatic nitrogens is 2. The third kappa shape index (κ3) is 2.88. The molecule has 4 aromatic rings. The SMILES string of the molecule is Cc1ccc(-c2nn(-c3cccc(C)c3)c(O)c2-c2ccccc2)cc1. The van der Waals surface area contributed by atoms with Crippen molar-refractivity contribution in [3.05, 3.63) is 90.0 Å².